The predicted octanol–water partition coefficient (Wildman–Crippen LogP) is 7.81. The van der Waals surface area contributed by atoms with Crippen LogP contribution < -0.4 is 0 Å². The Balaban J connectivity index is 0. The summed E-state index contributed by atoms with van der Waals surface area (Å²) in [5, 5.41) is 18.0. The second-order valence-corrected chi connectivity index (χ2v) is 9.60. The van der Waals surface area contributed by atoms with Crippen LogP contribution in [0.15, 0.2) is 35.5 Å². The average molecular weight is 637 g/mol. The van der Waals surface area contributed by atoms with Crippen LogP contribution in [0.4, 0.5) is 50.4 Å². The van der Waals surface area contributed by atoms with Gasteiger partial charge in [0.05, 0.1) is 11.4 Å². The Labute approximate surface area is 187 Å². The first-order chi connectivity index (χ1) is 13.5. The molecule has 0 fully saturated rings. The molecule has 0 saturated heterocycles. The molecule has 2 N–H and O–H groups in total. The van der Waals surface area contributed by atoms with Gasteiger partial charge in [0.15, 0.2) is 0 Å². The van der Waals surface area contributed by atoms with Crippen molar-refractivity contribution in [3.63, 3.8) is 0 Å². The second kappa shape index (κ2) is 8.42. The summed E-state index contributed by atoms with van der Waals surface area (Å²) in [5.41, 5.74) is -0.912. The minimum absolute atomic E-state index is 0. The van der Waals surface area contributed by atoms with Gasteiger partial charge in [0.1, 0.15) is 0 Å². The van der Waals surface area contributed by atoms with E-state index in [4.69, 9.17) is 10.2 Å². The number of carboxylic acids is 2. The molecule has 1 aromatic rings. The number of rotatable bonds is 3. The fraction of sp³-hybridized carbons (Fsp3) is 0.167. The number of hydrogen-bond donors (Lipinski definition) is 2. The van der Waals surface area contributed by atoms with Gasteiger partial charge in [0.25, 0.3) is 0 Å². The number of aliphatic imine (C=N–C) groups is 1. The molecule has 0 amide bonds. The molecular weight excluding hydrogens is 627 g/mol. The Bertz CT molecular complexity index is 882. The molecule has 1 aliphatic rings. The van der Waals surface area contributed by atoms with Gasteiger partial charge in [-0.3, -0.25) is 19.6 Å². The molecule has 33 heavy (non-hydrogen) atoms. The molecule has 1 aromatic heterocycles. The van der Waals surface area contributed by atoms with Crippen LogP contribution in [-0.2, 0) is 29.1 Å². The van der Waals surface area contributed by atoms with E-state index in [0.29, 0.717) is 11.4 Å². The van der Waals surface area contributed by atoms with Crippen molar-refractivity contribution in [2.45, 2.75) is 6.42 Å². The van der Waals surface area contributed by atoms with Crippen LogP contribution in [0.1, 0.15) is 12.1 Å². The molecule has 194 valence electrons. The van der Waals surface area contributed by atoms with Crippen molar-refractivity contribution in [1.82, 2.24) is 4.98 Å². The molecule has 2 rings (SSSR count). The summed E-state index contributed by atoms with van der Waals surface area (Å²) in [5.74, 6) is -2.84. The molecule has 1 aliphatic heterocycles. The van der Waals surface area contributed by atoms with Gasteiger partial charge in [-0.1, -0.05) is 12.1 Å². The smallest absolute Gasteiger partial charge is 0.480 e. The molecule has 0 atom stereocenters. The van der Waals surface area contributed by atoms with Gasteiger partial charge in [-0.2, -0.15) is 0 Å². The Morgan fingerprint density at radius 2 is 1.21 bits per heavy atom. The van der Waals surface area contributed by atoms with Gasteiger partial charge in [-0.15, -0.1) is 0 Å². The zero-order valence-electron chi connectivity index (χ0n) is 15.1. The normalized spacial score (nSPS) is 19.1. The number of aliphatic carboxylic acids is 2. The molecule has 21 heteroatoms. The Morgan fingerprint density at radius 3 is 1.45 bits per heavy atom. The molecule has 0 spiro atoms. The van der Waals surface area contributed by atoms with Crippen molar-refractivity contribution < 1.29 is 89.6 Å². The summed E-state index contributed by atoms with van der Waals surface area (Å²) >= 11 is 0. The number of hydrogen-bond acceptors (Lipinski definition) is 4. The summed E-state index contributed by atoms with van der Waals surface area (Å²) in [6.45, 7) is 0. The largest absolute Gasteiger partial charge is 2.00 e. The van der Waals surface area contributed by atoms with Gasteiger partial charge in [0.2, 0.25) is 5.41 Å². The summed E-state index contributed by atoms with van der Waals surface area (Å²) in [6, 6.07) is 5.24. The van der Waals surface area contributed by atoms with Crippen molar-refractivity contribution in [1.29, 1.82) is 0 Å². The minimum Gasteiger partial charge on any atom is -0.480 e. The second-order valence-electron chi connectivity index (χ2n) is 5.76. The number of carbonyl (C=O) groups is 2. The molecule has 2 heterocycles. The number of halogens is 12. The molecule has 0 aliphatic carbocycles. The van der Waals surface area contributed by atoms with Gasteiger partial charge in [-0.05, 0) is 18.6 Å². The Hall–Kier alpha value is -1.86. The van der Waals surface area contributed by atoms with Crippen molar-refractivity contribution in [3.05, 3.63) is 36.2 Å². The molecule has 0 bridgehead atoms. The van der Waals surface area contributed by atoms with Crippen LogP contribution in [0.3, 0.4) is 0 Å². The van der Waals surface area contributed by atoms with Crippen LogP contribution in [0.5, 0.6) is 0 Å². The van der Waals surface area contributed by atoms with E-state index in [1.807, 2.05) is 0 Å². The van der Waals surface area contributed by atoms with Crippen molar-refractivity contribution in [2.24, 2.45) is 10.4 Å². The first-order valence-electron chi connectivity index (χ1n) is 7.23. The summed E-state index contributed by atoms with van der Waals surface area (Å²) in [6.07, 6.45) is 3.88. The van der Waals surface area contributed by atoms with E-state index in [1.54, 1.807) is 24.4 Å². The maximum atomic E-state index is 11.0. The van der Waals surface area contributed by atoms with Gasteiger partial charge >= 0.3 is 97.4 Å². The molecule has 0 saturated carbocycles. The minimum atomic E-state index is -10.7. The quantitative estimate of drug-likeness (QED) is 0.153. The third-order valence-electron chi connectivity index (χ3n) is 2.73. The maximum Gasteiger partial charge on any atom is 2.00 e. The van der Waals surface area contributed by atoms with Crippen LogP contribution in [-0.4, -0.2) is 33.4 Å². The van der Waals surface area contributed by atoms with Crippen LogP contribution in [0, 0.1) is 5.41 Å². The average Bonchev–Trinajstić information content (AvgIpc) is 2.49. The third kappa shape index (κ3) is 20.5. The summed E-state index contributed by atoms with van der Waals surface area (Å²) < 4.78 is 118. The van der Waals surface area contributed by atoms with E-state index < -0.39 is 33.0 Å². The van der Waals surface area contributed by atoms with E-state index in [9.17, 15) is 60.0 Å². The number of carboxylic acid groups (broad SMARTS) is 2. The summed E-state index contributed by atoms with van der Waals surface area (Å²) in [7, 11) is -21.3. The molecule has 6 nitrogen and oxygen atoms in total. The standard InChI is InChI=1S/C12H10N2O4.2F6P.Ru/c15-10(16)12(11(17)18)5-4-9(14-7-12)8-3-1-2-6-13-8;2*1-7(2,3,4,5)6;/h1-4,6-7H,5H2,(H,15,16)(H,17,18);;;/q;2*-1;+2. The number of pyridine rings is 1. The zero-order valence-corrected chi connectivity index (χ0v) is 18.6. The van der Waals surface area contributed by atoms with E-state index in [-0.39, 0.29) is 25.9 Å². The van der Waals surface area contributed by atoms with E-state index in [1.165, 1.54) is 6.08 Å². The number of aromatic nitrogens is 1. The monoisotopic (exact) mass is 638 g/mol. The number of allylic oxidation sites excluding steroid dienone is 1. The van der Waals surface area contributed by atoms with E-state index in [2.05, 4.69) is 9.98 Å². The number of nitrogens with zero attached hydrogens (tertiary/aromatic N) is 2. The van der Waals surface area contributed by atoms with Crippen LogP contribution >= 0.6 is 15.6 Å². The van der Waals surface area contributed by atoms with Gasteiger partial charge in [0, 0.05) is 12.4 Å². The maximum absolute atomic E-state index is 11.0. The Kier molecular flexibility index (Phi) is 8.50. The van der Waals surface area contributed by atoms with E-state index >= 15 is 0 Å². The fourth-order valence-electron chi connectivity index (χ4n) is 1.60. The van der Waals surface area contributed by atoms with Crippen molar-refractivity contribution in [3.8, 4) is 0 Å². The fourth-order valence-corrected chi connectivity index (χ4v) is 1.60. The van der Waals surface area contributed by atoms with Crippen LogP contribution in [0.2, 0.25) is 0 Å². The predicted molar refractivity (Wildman–Crippen MR) is 90.2 cm³/mol. The van der Waals surface area contributed by atoms with Crippen molar-refractivity contribution >= 4 is 39.5 Å². The molecular formula is C12H10F12N2O4P2Ru. The first-order valence-corrected chi connectivity index (χ1v) is 11.3. The topological polar surface area (TPSA) is 99.8 Å². The van der Waals surface area contributed by atoms with Crippen molar-refractivity contribution in [2.75, 3.05) is 0 Å². The summed E-state index contributed by atoms with van der Waals surface area (Å²) in [4.78, 5) is 30.1. The van der Waals surface area contributed by atoms with E-state index in [0.717, 1.165) is 6.21 Å². The molecule has 0 unspecified atom stereocenters. The van der Waals surface area contributed by atoms with Gasteiger partial charge in [-0.25, -0.2) is 0 Å². The van der Waals surface area contributed by atoms with Crippen LogP contribution in [0.25, 0.3) is 5.70 Å². The molecule has 0 radical (unpaired) electrons. The first kappa shape index (κ1) is 33.3. The Morgan fingerprint density at radius 1 is 0.818 bits per heavy atom. The zero-order chi connectivity index (χ0) is 26.0. The molecule has 0 aromatic carbocycles. The SMILES string of the molecule is F[P-](F)(F)(F)(F)F.F[P-](F)(F)(F)(F)F.O=C(O)C1(C(=O)O)C=NC(c2ccccn2)=CC1.[Ru+2]. The third-order valence-corrected chi connectivity index (χ3v) is 2.73. The van der Waals surface area contributed by atoms with Gasteiger partial charge < -0.3 is 10.2 Å².